The monoisotopic (exact) mass is 210 g/mol. The summed E-state index contributed by atoms with van der Waals surface area (Å²) in [5.74, 6) is 0.385. The zero-order chi connectivity index (χ0) is 9.99. The van der Waals surface area contributed by atoms with Gasteiger partial charge in [0.05, 0.1) is 5.75 Å². The van der Waals surface area contributed by atoms with Gasteiger partial charge < -0.3 is 0 Å². The Bertz CT molecular complexity index is 224. The molecule has 0 bridgehead atoms. The van der Waals surface area contributed by atoms with E-state index in [2.05, 4.69) is 12.6 Å². The minimum atomic E-state index is -2.88. The molecule has 0 fully saturated rings. The van der Waals surface area contributed by atoms with Gasteiger partial charge in [-0.2, -0.15) is 12.6 Å². The molecule has 0 heterocycles. The Hall–Kier alpha value is 0.300. The standard InChI is InChI=1S/C8H18O2S2/c1-5-12(9,10)6-7(11)8(2,3)4/h7,11H,5-6H2,1-4H3. The van der Waals surface area contributed by atoms with E-state index in [1.165, 1.54) is 0 Å². The highest BCUT2D eigenvalue weighted by Gasteiger charge is 2.25. The van der Waals surface area contributed by atoms with Gasteiger partial charge in [0.1, 0.15) is 0 Å². The quantitative estimate of drug-likeness (QED) is 0.720. The van der Waals surface area contributed by atoms with Crippen molar-refractivity contribution in [1.29, 1.82) is 0 Å². The van der Waals surface area contributed by atoms with Crippen LogP contribution in [0.5, 0.6) is 0 Å². The predicted molar refractivity (Wildman–Crippen MR) is 56.6 cm³/mol. The van der Waals surface area contributed by atoms with Crippen LogP contribution in [0.25, 0.3) is 0 Å². The molecule has 0 N–H and O–H groups in total. The van der Waals surface area contributed by atoms with Gasteiger partial charge in [0.2, 0.25) is 0 Å². The second-order valence-corrected chi connectivity index (χ2v) is 7.10. The van der Waals surface area contributed by atoms with Gasteiger partial charge in [-0.1, -0.05) is 27.7 Å². The van der Waals surface area contributed by atoms with Gasteiger partial charge in [-0.15, -0.1) is 0 Å². The first kappa shape index (κ1) is 12.3. The van der Waals surface area contributed by atoms with Crippen LogP contribution in [0.4, 0.5) is 0 Å². The van der Waals surface area contributed by atoms with Crippen molar-refractivity contribution in [2.45, 2.75) is 32.9 Å². The highest BCUT2D eigenvalue weighted by molar-refractivity contribution is 7.92. The second-order valence-electron chi connectivity index (χ2n) is 4.08. The van der Waals surface area contributed by atoms with Crippen LogP contribution in [0.3, 0.4) is 0 Å². The number of thiol groups is 1. The Kier molecular flexibility index (Phi) is 4.11. The normalized spacial score (nSPS) is 16.1. The highest BCUT2D eigenvalue weighted by atomic mass is 32.2. The van der Waals surface area contributed by atoms with Crippen LogP contribution in [0, 0.1) is 5.41 Å². The summed E-state index contributed by atoms with van der Waals surface area (Å²) in [7, 11) is -2.88. The molecule has 0 aliphatic carbocycles. The molecule has 4 heteroatoms. The Balaban J connectivity index is 4.30. The molecular formula is C8H18O2S2. The summed E-state index contributed by atoms with van der Waals surface area (Å²) in [6.45, 7) is 7.65. The van der Waals surface area contributed by atoms with E-state index in [9.17, 15) is 8.42 Å². The second kappa shape index (κ2) is 4.01. The SMILES string of the molecule is CCS(=O)(=O)CC(S)C(C)(C)C. The zero-order valence-corrected chi connectivity index (χ0v) is 9.87. The summed E-state index contributed by atoms with van der Waals surface area (Å²) < 4.78 is 22.4. The predicted octanol–water partition coefficient (Wildman–Crippen LogP) is 1.77. The molecule has 1 unspecified atom stereocenters. The maximum absolute atomic E-state index is 11.2. The fourth-order valence-electron chi connectivity index (χ4n) is 0.608. The van der Waals surface area contributed by atoms with Crippen LogP contribution in [0.2, 0.25) is 0 Å². The minimum absolute atomic E-state index is 0.0502. The van der Waals surface area contributed by atoms with E-state index in [0.29, 0.717) is 0 Å². The van der Waals surface area contributed by atoms with Gasteiger partial charge in [-0.05, 0) is 5.41 Å². The van der Waals surface area contributed by atoms with Gasteiger partial charge in [0, 0.05) is 11.0 Å². The molecular weight excluding hydrogens is 192 g/mol. The lowest BCUT2D eigenvalue weighted by Gasteiger charge is -2.25. The van der Waals surface area contributed by atoms with E-state index in [-0.39, 0.29) is 22.2 Å². The Morgan fingerprint density at radius 2 is 1.75 bits per heavy atom. The molecule has 0 saturated heterocycles. The van der Waals surface area contributed by atoms with E-state index < -0.39 is 9.84 Å². The summed E-state index contributed by atoms with van der Waals surface area (Å²) in [6, 6.07) is 0. The van der Waals surface area contributed by atoms with E-state index in [1.807, 2.05) is 20.8 Å². The molecule has 74 valence electrons. The topological polar surface area (TPSA) is 34.1 Å². The van der Waals surface area contributed by atoms with Gasteiger partial charge in [0.15, 0.2) is 9.84 Å². The molecule has 0 aromatic heterocycles. The van der Waals surface area contributed by atoms with Crippen LogP contribution >= 0.6 is 12.6 Å². The fraction of sp³-hybridized carbons (Fsp3) is 1.00. The maximum atomic E-state index is 11.2. The lowest BCUT2D eigenvalue weighted by Crippen LogP contribution is -2.29. The summed E-state index contributed by atoms with van der Waals surface area (Å²) in [6.07, 6.45) is 0. The van der Waals surface area contributed by atoms with Crippen molar-refractivity contribution in [3.63, 3.8) is 0 Å². The van der Waals surface area contributed by atoms with Crippen molar-refractivity contribution >= 4 is 22.5 Å². The molecule has 12 heavy (non-hydrogen) atoms. The average molecular weight is 210 g/mol. The Morgan fingerprint density at radius 3 is 2.00 bits per heavy atom. The lowest BCUT2D eigenvalue weighted by atomic mass is 9.93. The Labute approximate surface area is 81.1 Å². The van der Waals surface area contributed by atoms with Gasteiger partial charge >= 0.3 is 0 Å². The third-order valence-corrected chi connectivity index (χ3v) is 4.78. The molecule has 1 atom stereocenters. The van der Waals surface area contributed by atoms with Crippen LogP contribution in [-0.4, -0.2) is 25.2 Å². The summed E-state index contributed by atoms with van der Waals surface area (Å²) in [4.78, 5) is 0. The first-order valence-electron chi connectivity index (χ1n) is 4.07. The molecule has 0 radical (unpaired) electrons. The van der Waals surface area contributed by atoms with Crippen molar-refractivity contribution in [2.24, 2.45) is 5.41 Å². The molecule has 0 amide bonds. The average Bonchev–Trinajstić information content (AvgIpc) is 1.85. The van der Waals surface area contributed by atoms with Crippen molar-refractivity contribution in [1.82, 2.24) is 0 Å². The molecule has 2 nitrogen and oxygen atoms in total. The number of sulfone groups is 1. The summed E-state index contributed by atoms with van der Waals surface area (Å²) in [5, 5.41) is -0.0811. The first-order valence-corrected chi connectivity index (χ1v) is 6.41. The third-order valence-electron chi connectivity index (χ3n) is 1.85. The molecule has 0 aliphatic rings. The molecule has 0 rings (SSSR count). The van der Waals surface area contributed by atoms with Crippen molar-refractivity contribution in [3.8, 4) is 0 Å². The van der Waals surface area contributed by atoms with Crippen LogP contribution in [-0.2, 0) is 9.84 Å². The van der Waals surface area contributed by atoms with E-state index in [1.54, 1.807) is 6.92 Å². The van der Waals surface area contributed by atoms with Gasteiger partial charge in [-0.3, -0.25) is 0 Å². The van der Waals surface area contributed by atoms with E-state index in [4.69, 9.17) is 0 Å². The smallest absolute Gasteiger partial charge is 0.151 e. The highest BCUT2D eigenvalue weighted by Crippen LogP contribution is 2.25. The molecule has 0 aliphatic heterocycles. The van der Waals surface area contributed by atoms with Crippen molar-refractivity contribution in [3.05, 3.63) is 0 Å². The van der Waals surface area contributed by atoms with Crippen LogP contribution < -0.4 is 0 Å². The molecule has 0 saturated carbocycles. The zero-order valence-electron chi connectivity index (χ0n) is 8.16. The Morgan fingerprint density at radius 1 is 1.33 bits per heavy atom. The number of rotatable bonds is 3. The minimum Gasteiger partial charge on any atom is -0.229 e. The number of hydrogen-bond donors (Lipinski definition) is 1. The fourth-order valence-corrected chi connectivity index (χ4v) is 2.51. The molecule has 0 aromatic rings. The van der Waals surface area contributed by atoms with Crippen molar-refractivity contribution < 1.29 is 8.42 Å². The number of hydrogen-bond acceptors (Lipinski definition) is 3. The van der Waals surface area contributed by atoms with E-state index in [0.717, 1.165) is 0 Å². The lowest BCUT2D eigenvalue weighted by molar-refractivity contribution is 0.412. The van der Waals surface area contributed by atoms with Gasteiger partial charge in [-0.25, -0.2) is 8.42 Å². The largest absolute Gasteiger partial charge is 0.229 e. The maximum Gasteiger partial charge on any atom is 0.151 e. The third kappa shape index (κ3) is 4.36. The summed E-state index contributed by atoms with van der Waals surface area (Å²) in [5.41, 5.74) is -0.0502. The summed E-state index contributed by atoms with van der Waals surface area (Å²) >= 11 is 4.28. The van der Waals surface area contributed by atoms with Crippen LogP contribution in [0.1, 0.15) is 27.7 Å². The first-order chi connectivity index (χ1) is 5.19. The molecule has 0 spiro atoms. The molecule has 0 aromatic carbocycles. The van der Waals surface area contributed by atoms with Crippen molar-refractivity contribution in [2.75, 3.05) is 11.5 Å². The van der Waals surface area contributed by atoms with E-state index >= 15 is 0 Å². The van der Waals surface area contributed by atoms with Crippen LogP contribution in [0.15, 0.2) is 0 Å². The van der Waals surface area contributed by atoms with Gasteiger partial charge in [0.25, 0.3) is 0 Å².